The molecule has 1 saturated heterocycles. The fourth-order valence-electron chi connectivity index (χ4n) is 2.15. The van der Waals surface area contributed by atoms with E-state index in [4.69, 9.17) is 0 Å². The van der Waals surface area contributed by atoms with Crippen molar-refractivity contribution in [3.8, 4) is 0 Å². The molecule has 96 valence electrons. The molecule has 0 aliphatic carbocycles. The predicted molar refractivity (Wildman–Crippen MR) is 67.4 cm³/mol. The van der Waals surface area contributed by atoms with Gasteiger partial charge >= 0.3 is 0 Å². The highest BCUT2D eigenvalue weighted by atomic mass is 32.2. The molecule has 1 rings (SSSR count). The molecule has 2 unspecified atom stereocenters. The van der Waals surface area contributed by atoms with E-state index in [-0.39, 0.29) is 5.75 Å². The number of rotatable bonds is 7. The summed E-state index contributed by atoms with van der Waals surface area (Å²) in [4.78, 5) is 0. The van der Waals surface area contributed by atoms with Gasteiger partial charge < -0.3 is 10.6 Å². The van der Waals surface area contributed by atoms with Gasteiger partial charge in [-0.2, -0.15) is 0 Å². The Kier molecular flexibility index (Phi) is 5.72. The lowest BCUT2D eigenvalue weighted by atomic mass is 10.1. The van der Waals surface area contributed by atoms with Gasteiger partial charge in [0.1, 0.15) is 9.84 Å². The first-order valence-electron chi connectivity index (χ1n) is 6.12. The van der Waals surface area contributed by atoms with Crippen molar-refractivity contribution >= 4 is 9.84 Å². The summed E-state index contributed by atoms with van der Waals surface area (Å²) in [6.45, 7) is 4.10. The molecule has 1 fully saturated rings. The highest BCUT2D eigenvalue weighted by molar-refractivity contribution is 7.90. The van der Waals surface area contributed by atoms with Crippen molar-refractivity contribution in [2.45, 2.75) is 44.7 Å². The Balaban J connectivity index is 2.03. The van der Waals surface area contributed by atoms with E-state index in [2.05, 4.69) is 17.6 Å². The lowest BCUT2D eigenvalue weighted by Gasteiger charge is -2.18. The molecule has 2 N–H and O–H groups in total. The maximum atomic E-state index is 10.9. The molecular formula is C11H24N2O2S. The van der Waals surface area contributed by atoms with E-state index >= 15 is 0 Å². The van der Waals surface area contributed by atoms with E-state index in [1.54, 1.807) is 0 Å². The van der Waals surface area contributed by atoms with E-state index in [9.17, 15) is 8.42 Å². The number of hydrogen-bond donors (Lipinski definition) is 2. The van der Waals surface area contributed by atoms with Gasteiger partial charge in [-0.25, -0.2) is 8.42 Å². The average Bonchev–Trinajstić information content (AvgIpc) is 2.63. The fraction of sp³-hybridized carbons (Fsp3) is 1.00. The molecule has 5 heteroatoms. The van der Waals surface area contributed by atoms with Gasteiger partial charge in [-0.15, -0.1) is 0 Å². The van der Waals surface area contributed by atoms with E-state index in [1.165, 1.54) is 19.1 Å². The van der Waals surface area contributed by atoms with Crippen molar-refractivity contribution < 1.29 is 8.42 Å². The summed E-state index contributed by atoms with van der Waals surface area (Å²) in [6, 6.07) is 1.12. The van der Waals surface area contributed by atoms with Crippen molar-refractivity contribution in [2.75, 3.05) is 25.1 Å². The number of hydrogen-bond acceptors (Lipinski definition) is 4. The van der Waals surface area contributed by atoms with Crippen LogP contribution in [-0.2, 0) is 9.84 Å². The maximum Gasteiger partial charge on any atom is 0.147 e. The summed E-state index contributed by atoms with van der Waals surface area (Å²) < 4.78 is 21.8. The first-order valence-corrected chi connectivity index (χ1v) is 8.18. The highest BCUT2D eigenvalue weighted by Crippen LogP contribution is 2.10. The van der Waals surface area contributed by atoms with Crippen molar-refractivity contribution in [1.29, 1.82) is 0 Å². The molecule has 0 amide bonds. The van der Waals surface area contributed by atoms with Crippen LogP contribution in [-0.4, -0.2) is 45.6 Å². The summed E-state index contributed by atoms with van der Waals surface area (Å²) in [7, 11) is -2.80. The molecule has 2 atom stereocenters. The topological polar surface area (TPSA) is 58.2 Å². The Bertz CT molecular complexity index is 284. The van der Waals surface area contributed by atoms with E-state index in [0.29, 0.717) is 18.5 Å². The van der Waals surface area contributed by atoms with Crippen LogP contribution >= 0.6 is 0 Å². The zero-order chi connectivity index (χ0) is 12.0. The molecule has 1 aliphatic rings. The molecule has 0 radical (unpaired) electrons. The lowest BCUT2D eigenvalue weighted by Crippen LogP contribution is -2.34. The third-order valence-corrected chi connectivity index (χ3v) is 4.02. The van der Waals surface area contributed by atoms with Gasteiger partial charge in [0.05, 0.1) is 5.75 Å². The lowest BCUT2D eigenvalue weighted by molar-refractivity contribution is 0.441. The van der Waals surface area contributed by atoms with Gasteiger partial charge in [-0.05, 0) is 45.7 Å². The Morgan fingerprint density at radius 3 is 2.81 bits per heavy atom. The fourth-order valence-corrected chi connectivity index (χ4v) is 2.82. The first kappa shape index (κ1) is 13.9. The smallest absolute Gasteiger partial charge is 0.147 e. The first-order chi connectivity index (χ1) is 7.47. The van der Waals surface area contributed by atoms with E-state index in [0.717, 1.165) is 19.5 Å². The van der Waals surface area contributed by atoms with Gasteiger partial charge in [0.15, 0.2) is 0 Å². The summed E-state index contributed by atoms with van der Waals surface area (Å²) in [5.74, 6) is 0.286. The Hall–Kier alpha value is -0.130. The Morgan fingerprint density at radius 2 is 2.25 bits per heavy atom. The minimum absolute atomic E-state index is 0.286. The molecule has 0 aromatic rings. The van der Waals surface area contributed by atoms with Gasteiger partial charge in [0.2, 0.25) is 0 Å². The Morgan fingerprint density at radius 1 is 1.50 bits per heavy atom. The van der Waals surface area contributed by atoms with Crippen molar-refractivity contribution in [3.05, 3.63) is 0 Å². The largest absolute Gasteiger partial charge is 0.314 e. The molecule has 4 nitrogen and oxygen atoms in total. The van der Waals surface area contributed by atoms with Crippen molar-refractivity contribution in [3.63, 3.8) is 0 Å². The van der Waals surface area contributed by atoms with Crippen LogP contribution in [0.2, 0.25) is 0 Å². The molecule has 0 aromatic carbocycles. The zero-order valence-electron chi connectivity index (χ0n) is 10.3. The molecule has 1 aliphatic heterocycles. The maximum absolute atomic E-state index is 10.9. The van der Waals surface area contributed by atoms with E-state index < -0.39 is 9.84 Å². The minimum atomic E-state index is -2.80. The van der Waals surface area contributed by atoms with E-state index in [1.807, 2.05) is 0 Å². The quantitative estimate of drug-likeness (QED) is 0.646. The second-order valence-electron chi connectivity index (χ2n) is 4.87. The van der Waals surface area contributed by atoms with Crippen LogP contribution < -0.4 is 10.6 Å². The van der Waals surface area contributed by atoms with Gasteiger partial charge in [-0.1, -0.05) is 0 Å². The Labute approximate surface area is 99.1 Å². The van der Waals surface area contributed by atoms with Crippen LogP contribution in [0.3, 0.4) is 0 Å². The second-order valence-corrected chi connectivity index (χ2v) is 7.13. The van der Waals surface area contributed by atoms with Crippen LogP contribution in [0.5, 0.6) is 0 Å². The van der Waals surface area contributed by atoms with Crippen LogP contribution in [0, 0.1) is 0 Å². The van der Waals surface area contributed by atoms with Crippen molar-refractivity contribution in [2.24, 2.45) is 0 Å². The summed E-state index contributed by atoms with van der Waals surface area (Å²) >= 11 is 0. The minimum Gasteiger partial charge on any atom is -0.314 e. The molecule has 0 bridgehead atoms. The highest BCUT2D eigenvalue weighted by Gasteiger charge is 2.16. The third-order valence-electron chi connectivity index (χ3n) is 2.99. The summed E-state index contributed by atoms with van der Waals surface area (Å²) in [5, 5.41) is 6.84. The molecule has 0 aromatic heterocycles. The van der Waals surface area contributed by atoms with Crippen LogP contribution in [0.4, 0.5) is 0 Å². The molecule has 1 heterocycles. The number of nitrogens with one attached hydrogen (secondary N) is 2. The normalized spacial score (nSPS) is 23.5. The molecule has 0 saturated carbocycles. The third kappa shape index (κ3) is 6.45. The van der Waals surface area contributed by atoms with Gasteiger partial charge in [0, 0.05) is 18.3 Å². The standard InChI is InChI=1S/C11H24N2O2S/c1-10(9-11-5-3-6-13-11)12-7-4-8-16(2,14)15/h10-13H,3-9H2,1-2H3. The summed E-state index contributed by atoms with van der Waals surface area (Å²) in [5.41, 5.74) is 0. The predicted octanol–water partition coefficient (Wildman–Crippen LogP) is 0.541. The molecular weight excluding hydrogens is 224 g/mol. The molecule has 16 heavy (non-hydrogen) atoms. The summed E-state index contributed by atoms with van der Waals surface area (Å²) in [6.07, 6.45) is 5.69. The van der Waals surface area contributed by atoms with Gasteiger partial charge in [-0.3, -0.25) is 0 Å². The second kappa shape index (κ2) is 6.57. The molecule has 0 spiro atoms. The van der Waals surface area contributed by atoms with Gasteiger partial charge in [0.25, 0.3) is 0 Å². The average molecular weight is 248 g/mol. The SMILES string of the molecule is CC(CC1CCCN1)NCCCS(C)(=O)=O. The zero-order valence-corrected chi connectivity index (χ0v) is 11.1. The van der Waals surface area contributed by atoms with Crippen molar-refractivity contribution in [1.82, 2.24) is 10.6 Å². The van der Waals surface area contributed by atoms with Crippen LogP contribution in [0.25, 0.3) is 0 Å². The monoisotopic (exact) mass is 248 g/mol. The number of sulfone groups is 1. The van der Waals surface area contributed by atoms with Crippen LogP contribution in [0.15, 0.2) is 0 Å². The van der Waals surface area contributed by atoms with Crippen LogP contribution in [0.1, 0.15) is 32.6 Å².